The minimum Gasteiger partial charge on any atom is -0.382 e. The zero-order valence-corrected chi connectivity index (χ0v) is 17.7. The van der Waals surface area contributed by atoms with E-state index >= 15 is 0 Å². The third-order valence-corrected chi connectivity index (χ3v) is 7.24. The molecule has 0 bridgehead atoms. The molecule has 28 heavy (non-hydrogen) atoms. The molecule has 8 heteroatoms. The van der Waals surface area contributed by atoms with Crippen LogP contribution in [0.1, 0.15) is 44.9 Å². The second kappa shape index (κ2) is 9.46. The van der Waals surface area contributed by atoms with Crippen LogP contribution in [0.25, 0.3) is 10.9 Å². The van der Waals surface area contributed by atoms with Gasteiger partial charge in [0.05, 0.1) is 11.3 Å². The number of aromatic nitrogens is 2. The van der Waals surface area contributed by atoms with Crippen LogP contribution >= 0.6 is 24.2 Å². The monoisotopic (exact) mass is 426 g/mol. The highest BCUT2D eigenvalue weighted by molar-refractivity contribution is 7.99. The van der Waals surface area contributed by atoms with Gasteiger partial charge in [-0.3, -0.25) is 4.79 Å². The maximum Gasteiger partial charge on any atom is 0.261 e. The first kappa shape index (κ1) is 21.4. The summed E-state index contributed by atoms with van der Waals surface area (Å²) in [5.41, 5.74) is 0.766. The summed E-state index contributed by atoms with van der Waals surface area (Å²) in [6.07, 6.45) is 5.76. The fraction of sp³-hybridized carbons (Fsp3) is 0.600. The molecule has 3 N–H and O–H groups in total. The van der Waals surface area contributed by atoms with Crippen molar-refractivity contribution in [3.05, 3.63) is 34.1 Å². The normalized spacial score (nSPS) is 22.9. The van der Waals surface area contributed by atoms with Crippen LogP contribution in [-0.4, -0.2) is 34.3 Å². The third-order valence-electron chi connectivity index (χ3n) is 5.68. The number of hydrogen-bond donors (Lipinski definition) is 3. The topological polar surface area (TPSA) is 69.8 Å². The van der Waals surface area contributed by atoms with Crippen molar-refractivity contribution in [1.82, 2.24) is 15.3 Å². The third kappa shape index (κ3) is 4.81. The fourth-order valence-corrected chi connectivity index (χ4v) is 5.37. The molecule has 2 fully saturated rings. The Morgan fingerprint density at radius 2 is 2.07 bits per heavy atom. The average molecular weight is 427 g/mol. The summed E-state index contributed by atoms with van der Waals surface area (Å²) in [4.78, 5) is 19.8. The van der Waals surface area contributed by atoms with E-state index in [1.54, 1.807) is 0 Å². The lowest BCUT2D eigenvalue weighted by Gasteiger charge is -2.28. The zero-order chi connectivity index (χ0) is 18.8. The summed E-state index contributed by atoms with van der Waals surface area (Å²) >= 11 is 1.83. The molecule has 0 unspecified atom stereocenters. The van der Waals surface area contributed by atoms with E-state index in [-0.39, 0.29) is 23.4 Å². The minimum atomic E-state index is -0.507. The highest BCUT2D eigenvalue weighted by atomic mass is 35.5. The van der Waals surface area contributed by atoms with Crippen molar-refractivity contribution >= 4 is 40.8 Å². The van der Waals surface area contributed by atoms with E-state index in [9.17, 15) is 9.18 Å². The van der Waals surface area contributed by atoms with E-state index < -0.39 is 5.82 Å². The molecule has 4 rings (SSSR count). The van der Waals surface area contributed by atoms with Crippen molar-refractivity contribution in [3.63, 3.8) is 0 Å². The van der Waals surface area contributed by atoms with Crippen molar-refractivity contribution in [1.29, 1.82) is 0 Å². The Labute approximate surface area is 175 Å². The molecular formula is C20H28ClFN4OS. The van der Waals surface area contributed by atoms with E-state index in [0.29, 0.717) is 34.3 Å². The quantitative estimate of drug-likeness (QED) is 0.672. The second-order valence-electron chi connectivity index (χ2n) is 7.81. The van der Waals surface area contributed by atoms with E-state index in [1.165, 1.54) is 18.9 Å². The molecule has 1 saturated heterocycles. The summed E-state index contributed by atoms with van der Waals surface area (Å²) in [6, 6.07) is 3.62. The standard InChI is InChI=1S/C20H27FN4OS.ClH/c1-12-10-22-7-6-17(12)27-11-18-24-16-9-14(23-13-4-2-3-5-13)8-15(21)19(16)20(26)25-18;/h8-9,12-13,17,22-23H,2-7,10-11H2,1H3,(H,24,25,26);1H/t12-,17-;/m0./s1. The lowest BCUT2D eigenvalue weighted by molar-refractivity contribution is 0.417. The van der Waals surface area contributed by atoms with Crippen LogP contribution in [0.15, 0.2) is 16.9 Å². The van der Waals surface area contributed by atoms with Crippen LogP contribution in [0.5, 0.6) is 0 Å². The lowest BCUT2D eigenvalue weighted by atomic mass is 10.0. The number of piperidine rings is 1. The first-order valence-electron chi connectivity index (χ1n) is 9.91. The first-order valence-corrected chi connectivity index (χ1v) is 11.0. The number of rotatable bonds is 5. The fourth-order valence-electron chi connectivity index (χ4n) is 4.15. The highest BCUT2D eigenvalue weighted by Crippen LogP contribution is 2.28. The lowest BCUT2D eigenvalue weighted by Crippen LogP contribution is -2.36. The Kier molecular flexibility index (Phi) is 7.23. The number of fused-ring (bicyclic) bond motifs is 1. The number of hydrogen-bond acceptors (Lipinski definition) is 5. The smallest absolute Gasteiger partial charge is 0.261 e. The molecule has 2 heterocycles. The van der Waals surface area contributed by atoms with E-state index in [1.807, 2.05) is 17.8 Å². The molecule has 2 aliphatic rings. The maximum absolute atomic E-state index is 14.5. The molecule has 1 aliphatic heterocycles. The molecule has 2 aromatic rings. The summed E-state index contributed by atoms with van der Waals surface area (Å²) in [5.74, 6) is 1.35. The molecule has 1 aromatic carbocycles. The van der Waals surface area contributed by atoms with Crippen LogP contribution in [0.4, 0.5) is 10.1 Å². The van der Waals surface area contributed by atoms with Crippen LogP contribution in [0, 0.1) is 11.7 Å². The van der Waals surface area contributed by atoms with Gasteiger partial charge in [0.1, 0.15) is 17.0 Å². The van der Waals surface area contributed by atoms with Gasteiger partial charge in [0, 0.05) is 17.0 Å². The zero-order valence-electron chi connectivity index (χ0n) is 16.1. The molecule has 0 amide bonds. The van der Waals surface area contributed by atoms with Gasteiger partial charge in [-0.05, 0) is 50.4 Å². The van der Waals surface area contributed by atoms with Crippen molar-refractivity contribution in [2.24, 2.45) is 5.92 Å². The van der Waals surface area contributed by atoms with E-state index in [2.05, 4.69) is 27.5 Å². The second-order valence-corrected chi connectivity index (χ2v) is 9.04. The molecule has 2 atom stereocenters. The van der Waals surface area contributed by atoms with Gasteiger partial charge in [0.15, 0.2) is 0 Å². The number of nitrogens with one attached hydrogen (secondary N) is 3. The van der Waals surface area contributed by atoms with Gasteiger partial charge in [-0.2, -0.15) is 11.8 Å². The van der Waals surface area contributed by atoms with E-state index in [0.717, 1.165) is 38.0 Å². The predicted molar refractivity (Wildman–Crippen MR) is 117 cm³/mol. The predicted octanol–water partition coefficient (Wildman–Crippen LogP) is 4.07. The maximum atomic E-state index is 14.5. The molecule has 1 aliphatic carbocycles. The van der Waals surface area contributed by atoms with Crippen LogP contribution in [-0.2, 0) is 5.75 Å². The van der Waals surface area contributed by atoms with Gasteiger partial charge in [-0.1, -0.05) is 19.8 Å². The first-order chi connectivity index (χ1) is 13.1. The number of anilines is 1. The summed E-state index contributed by atoms with van der Waals surface area (Å²) < 4.78 is 14.5. The van der Waals surface area contributed by atoms with Crippen LogP contribution < -0.4 is 16.2 Å². The number of thioether (sulfide) groups is 1. The minimum absolute atomic E-state index is 0. The molecule has 5 nitrogen and oxygen atoms in total. The average Bonchev–Trinajstić information content (AvgIpc) is 3.13. The summed E-state index contributed by atoms with van der Waals surface area (Å²) in [5, 5.41) is 7.41. The van der Waals surface area contributed by atoms with Gasteiger partial charge in [-0.25, -0.2) is 9.37 Å². The summed E-state index contributed by atoms with van der Waals surface area (Å²) in [7, 11) is 0. The number of H-pyrrole nitrogens is 1. The Hall–Kier alpha value is -1.31. The molecule has 154 valence electrons. The van der Waals surface area contributed by atoms with Crippen molar-refractivity contribution in [2.45, 2.75) is 56.1 Å². The molecule has 0 radical (unpaired) electrons. The van der Waals surface area contributed by atoms with Crippen LogP contribution in [0.2, 0.25) is 0 Å². The number of benzene rings is 1. The molecule has 0 spiro atoms. The van der Waals surface area contributed by atoms with Gasteiger partial charge in [0.2, 0.25) is 0 Å². The Morgan fingerprint density at radius 3 is 2.82 bits per heavy atom. The number of halogens is 2. The van der Waals surface area contributed by atoms with Crippen molar-refractivity contribution in [2.75, 3.05) is 18.4 Å². The Morgan fingerprint density at radius 1 is 1.29 bits per heavy atom. The largest absolute Gasteiger partial charge is 0.382 e. The van der Waals surface area contributed by atoms with Crippen LogP contribution in [0.3, 0.4) is 0 Å². The Bertz CT molecular complexity index is 871. The molecular weight excluding hydrogens is 399 g/mol. The summed E-state index contributed by atoms with van der Waals surface area (Å²) in [6.45, 7) is 4.31. The van der Waals surface area contributed by atoms with Gasteiger partial charge in [-0.15, -0.1) is 12.4 Å². The number of nitrogens with zero attached hydrogens (tertiary/aromatic N) is 1. The molecule has 1 aromatic heterocycles. The number of aromatic amines is 1. The van der Waals surface area contributed by atoms with Crippen molar-refractivity contribution < 1.29 is 4.39 Å². The van der Waals surface area contributed by atoms with Gasteiger partial charge >= 0.3 is 0 Å². The van der Waals surface area contributed by atoms with E-state index in [4.69, 9.17) is 0 Å². The highest BCUT2D eigenvalue weighted by Gasteiger charge is 2.22. The van der Waals surface area contributed by atoms with Gasteiger partial charge < -0.3 is 15.6 Å². The molecule has 1 saturated carbocycles. The van der Waals surface area contributed by atoms with Gasteiger partial charge in [0.25, 0.3) is 5.56 Å². The van der Waals surface area contributed by atoms with Crippen molar-refractivity contribution in [3.8, 4) is 0 Å². The SMILES string of the molecule is C[C@H]1CNCC[C@@H]1SCc1nc2cc(NC3CCCC3)cc(F)c2c(=O)[nH]1.Cl. The Balaban J connectivity index is 0.00000225.